The van der Waals surface area contributed by atoms with E-state index in [4.69, 9.17) is 0 Å². The van der Waals surface area contributed by atoms with Gasteiger partial charge in [-0.3, -0.25) is 9.20 Å². The Kier molecular flexibility index (Phi) is 3.43. The molecular formula is C15H12N8O. The summed E-state index contributed by atoms with van der Waals surface area (Å²) in [6, 6.07) is 5.46. The second-order valence-corrected chi connectivity index (χ2v) is 5.00. The lowest BCUT2D eigenvalue weighted by atomic mass is 10.2. The standard InChI is InChI=1S/C15H12N8O/c24-14(12-8-22-5-1-4-17-15(22)21-12)19-7-11-2-3-13(18-6-11)23-10-16-9-20-23/h1-6,8-10H,7H2,(H,19,24). The fourth-order valence-electron chi connectivity index (χ4n) is 2.20. The molecular weight excluding hydrogens is 308 g/mol. The van der Waals surface area contributed by atoms with Crippen molar-refractivity contribution >= 4 is 11.7 Å². The third kappa shape index (κ3) is 2.70. The highest BCUT2D eigenvalue weighted by Gasteiger charge is 2.11. The maximum atomic E-state index is 12.2. The van der Waals surface area contributed by atoms with Gasteiger partial charge in [0.05, 0.1) is 0 Å². The minimum absolute atomic E-state index is 0.263. The first-order chi connectivity index (χ1) is 11.8. The molecule has 1 N–H and O–H groups in total. The van der Waals surface area contributed by atoms with E-state index in [1.165, 1.54) is 6.33 Å². The number of hydrogen-bond acceptors (Lipinski definition) is 6. The number of rotatable bonds is 4. The number of amides is 1. The Hall–Kier alpha value is -3.62. The third-order valence-corrected chi connectivity index (χ3v) is 3.38. The first-order valence-corrected chi connectivity index (χ1v) is 7.17. The van der Waals surface area contributed by atoms with Gasteiger partial charge in [-0.05, 0) is 17.7 Å². The summed E-state index contributed by atoms with van der Waals surface area (Å²) in [6.07, 6.45) is 9.76. The molecule has 0 aliphatic carbocycles. The predicted molar refractivity (Wildman–Crippen MR) is 83.3 cm³/mol. The molecule has 0 saturated carbocycles. The maximum Gasteiger partial charge on any atom is 0.271 e. The number of carbonyl (C=O) groups excluding carboxylic acids is 1. The monoisotopic (exact) mass is 320 g/mol. The van der Waals surface area contributed by atoms with Crippen LogP contribution in [0.15, 0.2) is 55.6 Å². The summed E-state index contributed by atoms with van der Waals surface area (Å²) in [5.74, 6) is 0.886. The van der Waals surface area contributed by atoms with E-state index in [0.717, 1.165) is 5.56 Å². The molecule has 1 amide bonds. The van der Waals surface area contributed by atoms with Crippen molar-refractivity contribution in [3.05, 3.63) is 66.9 Å². The Morgan fingerprint density at radius 3 is 2.96 bits per heavy atom. The van der Waals surface area contributed by atoms with Crippen molar-refractivity contribution in [1.29, 1.82) is 0 Å². The van der Waals surface area contributed by atoms with Crippen molar-refractivity contribution in [2.24, 2.45) is 0 Å². The van der Waals surface area contributed by atoms with Crippen molar-refractivity contribution in [3.8, 4) is 5.82 Å². The number of carbonyl (C=O) groups is 1. The zero-order valence-corrected chi connectivity index (χ0v) is 12.4. The van der Waals surface area contributed by atoms with Crippen molar-refractivity contribution in [1.82, 2.24) is 39.4 Å². The fraction of sp³-hybridized carbons (Fsp3) is 0.0667. The summed E-state index contributed by atoms with van der Waals surface area (Å²) in [4.78, 5) is 28.6. The first-order valence-electron chi connectivity index (χ1n) is 7.17. The normalized spacial score (nSPS) is 10.8. The number of aromatic nitrogens is 7. The van der Waals surface area contributed by atoms with Gasteiger partial charge in [-0.15, -0.1) is 0 Å². The molecule has 0 bridgehead atoms. The van der Waals surface area contributed by atoms with Crippen LogP contribution in [-0.2, 0) is 6.54 Å². The highest BCUT2D eigenvalue weighted by Crippen LogP contribution is 2.05. The lowest BCUT2D eigenvalue weighted by molar-refractivity contribution is 0.0946. The lowest BCUT2D eigenvalue weighted by Crippen LogP contribution is -2.23. The molecule has 9 nitrogen and oxygen atoms in total. The molecule has 0 spiro atoms. The topological polar surface area (TPSA) is 103 Å². The molecule has 4 aromatic heterocycles. The number of fused-ring (bicyclic) bond motifs is 1. The van der Waals surface area contributed by atoms with Crippen LogP contribution in [0, 0.1) is 0 Å². The van der Waals surface area contributed by atoms with Crippen LogP contribution in [0.3, 0.4) is 0 Å². The summed E-state index contributed by atoms with van der Waals surface area (Å²) in [7, 11) is 0. The average molecular weight is 320 g/mol. The summed E-state index contributed by atoms with van der Waals surface area (Å²) < 4.78 is 3.26. The zero-order valence-electron chi connectivity index (χ0n) is 12.4. The van der Waals surface area contributed by atoms with Gasteiger partial charge < -0.3 is 5.32 Å². The lowest BCUT2D eigenvalue weighted by Gasteiger charge is -2.04. The summed E-state index contributed by atoms with van der Waals surface area (Å²) in [6.45, 7) is 0.352. The molecule has 4 heterocycles. The number of nitrogens with one attached hydrogen (secondary N) is 1. The Balaban J connectivity index is 1.43. The van der Waals surface area contributed by atoms with E-state index >= 15 is 0 Å². The maximum absolute atomic E-state index is 12.2. The van der Waals surface area contributed by atoms with Gasteiger partial charge in [0, 0.05) is 31.3 Å². The Morgan fingerprint density at radius 1 is 1.25 bits per heavy atom. The average Bonchev–Trinajstić information content (AvgIpc) is 3.29. The molecule has 4 rings (SSSR count). The smallest absolute Gasteiger partial charge is 0.271 e. The van der Waals surface area contributed by atoms with Gasteiger partial charge >= 0.3 is 0 Å². The van der Waals surface area contributed by atoms with Crippen LogP contribution < -0.4 is 5.32 Å². The molecule has 0 aromatic carbocycles. The van der Waals surface area contributed by atoms with E-state index in [1.54, 1.807) is 46.3 Å². The summed E-state index contributed by atoms with van der Waals surface area (Å²) in [5, 5.41) is 6.82. The Bertz CT molecular complexity index is 941. The van der Waals surface area contributed by atoms with Crippen molar-refractivity contribution in [2.45, 2.75) is 6.54 Å². The molecule has 118 valence electrons. The van der Waals surface area contributed by atoms with E-state index < -0.39 is 0 Å². The molecule has 0 aliphatic rings. The van der Waals surface area contributed by atoms with Gasteiger partial charge in [0.25, 0.3) is 5.91 Å². The number of nitrogens with zero attached hydrogens (tertiary/aromatic N) is 7. The van der Waals surface area contributed by atoms with Crippen molar-refractivity contribution in [3.63, 3.8) is 0 Å². The molecule has 4 aromatic rings. The van der Waals surface area contributed by atoms with Gasteiger partial charge in [0.15, 0.2) is 5.82 Å². The molecule has 0 atom stereocenters. The van der Waals surface area contributed by atoms with Gasteiger partial charge in [0.2, 0.25) is 5.78 Å². The Morgan fingerprint density at radius 2 is 2.21 bits per heavy atom. The molecule has 0 unspecified atom stereocenters. The van der Waals surface area contributed by atoms with Gasteiger partial charge in [-0.2, -0.15) is 5.10 Å². The predicted octanol–water partition coefficient (Wildman–Crippen LogP) is 0.635. The highest BCUT2D eigenvalue weighted by atomic mass is 16.1. The van der Waals surface area contributed by atoms with Crippen molar-refractivity contribution < 1.29 is 4.79 Å². The summed E-state index contributed by atoms with van der Waals surface area (Å²) >= 11 is 0. The highest BCUT2D eigenvalue weighted by molar-refractivity contribution is 5.92. The van der Waals surface area contributed by atoms with Crippen LogP contribution in [0.5, 0.6) is 0 Å². The van der Waals surface area contributed by atoms with E-state index in [-0.39, 0.29) is 5.91 Å². The van der Waals surface area contributed by atoms with Crippen LogP contribution in [0.25, 0.3) is 11.6 Å². The van der Waals surface area contributed by atoms with Crippen LogP contribution in [0.2, 0.25) is 0 Å². The fourth-order valence-corrected chi connectivity index (χ4v) is 2.20. The molecule has 0 radical (unpaired) electrons. The van der Waals surface area contributed by atoms with Crippen LogP contribution >= 0.6 is 0 Å². The number of hydrogen-bond donors (Lipinski definition) is 1. The van der Waals surface area contributed by atoms with E-state index in [0.29, 0.717) is 23.8 Å². The molecule has 9 heteroatoms. The minimum atomic E-state index is -0.263. The second kappa shape index (κ2) is 5.88. The van der Waals surface area contributed by atoms with Gasteiger partial charge in [-0.25, -0.2) is 24.6 Å². The number of pyridine rings is 1. The van der Waals surface area contributed by atoms with E-state index in [1.807, 2.05) is 12.1 Å². The summed E-state index contributed by atoms with van der Waals surface area (Å²) in [5.41, 5.74) is 1.19. The molecule has 0 saturated heterocycles. The van der Waals surface area contributed by atoms with E-state index in [2.05, 4.69) is 30.4 Å². The zero-order chi connectivity index (χ0) is 16.4. The quantitative estimate of drug-likeness (QED) is 0.592. The molecule has 24 heavy (non-hydrogen) atoms. The third-order valence-electron chi connectivity index (χ3n) is 3.38. The van der Waals surface area contributed by atoms with Crippen LogP contribution in [0.1, 0.15) is 16.1 Å². The van der Waals surface area contributed by atoms with E-state index in [9.17, 15) is 4.79 Å². The number of imidazole rings is 1. The SMILES string of the molecule is O=C(NCc1ccc(-n2cncn2)nc1)c1cn2cccnc2n1. The largest absolute Gasteiger partial charge is 0.347 e. The Labute approximate surface area is 136 Å². The van der Waals surface area contributed by atoms with Crippen LogP contribution in [-0.4, -0.2) is 40.0 Å². The second-order valence-electron chi connectivity index (χ2n) is 5.00. The minimum Gasteiger partial charge on any atom is -0.347 e. The van der Waals surface area contributed by atoms with Crippen LogP contribution in [0.4, 0.5) is 0 Å². The molecule has 0 aliphatic heterocycles. The van der Waals surface area contributed by atoms with Crippen molar-refractivity contribution in [2.75, 3.05) is 0 Å². The molecule has 0 fully saturated rings. The van der Waals surface area contributed by atoms with Gasteiger partial charge in [-0.1, -0.05) is 6.07 Å². The van der Waals surface area contributed by atoms with Gasteiger partial charge in [0.1, 0.15) is 18.3 Å². The first kappa shape index (κ1) is 14.0.